The van der Waals surface area contributed by atoms with Crippen LogP contribution in [-0.2, 0) is 16.0 Å². The first-order chi connectivity index (χ1) is 9.21. The molecule has 0 unspecified atom stereocenters. The van der Waals surface area contributed by atoms with Gasteiger partial charge in [0.2, 0.25) is 0 Å². The maximum Gasteiger partial charge on any atom is 0.408 e. The van der Waals surface area contributed by atoms with Gasteiger partial charge in [-0.2, -0.15) is 5.26 Å². The van der Waals surface area contributed by atoms with Gasteiger partial charge >= 0.3 is 12.1 Å². The molecule has 0 aromatic carbocycles. The Kier molecular flexibility index (Phi) is 4.69. The van der Waals surface area contributed by atoms with Gasteiger partial charge in [0.15, 0.2) is 5.69 Å². The maximum atomic E-state index is 11.5. The van der Waals surface area contributed by atoms with Gasteiger partial charge < -0.3 is 19.7 Å². The monoisotopic (exact) mass is 281 g/mol. The first-order valence-corrected chi connectivity index (χ1v) is 5.79. The molecule has 108 valence electrons. The number of nitrogens with one attached hydrogen (secondary N) is 1. The van der Waals surface area contributed by atoms with Crippen molar-refractivity contribution in [3.8, 4) is 6.07 Å². The van der Waals surface area contributed by atoms with Crippen LogP contribution in [0.5, 0.6) is 0 Å². The van der Waals surface area contributed by atoms with Crippen LogP contribution < -0.4 is 5.32 Å². The number of nitriles is 1. The number of rotatable bonds is 4. The summed E-state index contributed by atoms with van der Waals surface area (Å²) in [6.45, 7) is 4.99. The Morgan fingerprint density at radius 3 is 2.70 bits per heavy atom. The molecule has 20 heavy (non-hydrogen) atoms. The molecule has 1 rings (SSSR count). The van der Waals surface area contributed by atoms with E-state index >= 15 is 0 Å². The molecule has 8 heteroatoms. The average molecular weight is 281 g/mol. The largest absolute Gasteiger partial charge is 0.480 e. The van der Waals surface area contributed by atoms with Crippen molar-refractivity contribution in [2.24, 2.45) is 0 Å². The highest BCUT2D eigenvalue weighted by molar-refractivity contribution is 5.80. The van der Waals surface area contributed by atoms with E-state index in [0.717, 1.165) is 0 Å². The third-order valence-corrected chi connectivity index (χ3v) is 2.07. The number of alkyl carbamates (subject to hydrolysis) is 1. The molecule has 2 N–H and O–H groups in total. The van der Waals surface area contributed by atoms with Gasteiger partial charge in [0.05, 0.1) is 0 Å². The van der Waals surface area contributed by atoms with Crippen molar-refractivity contribution in [2.45, 2.75) is 38.8 Å². The molecule has 0 fully saturated rings. The number of aliphatic carboxylic acids is 1. The second-order valence-corrected chi connectivity index (χ2v) is 5.03. The highest BCUT2D eigenvalue weighted by Crippen LogP contribution is 2.09. The van der Waals surface area contributed by atoms with Gasteiger partial charge in [0.1, 0.15) is 23.5 Å². The zero-order chi connectivity index (χ0) is 15.3. The van der Waals surface area contributed by atoms with E-state index in [0.29, 0.717) is 0 Å². The van der Waals surface area contributed by atoms with E-state index in [-0.39, 0.29) is 17.9 Å². The van der Waals surface area contributed by atoms with E-state index in [1.54, 1.807) is 26.8 Å². The molecule has 1 heterocycles. The number of hydrogen-bond donors (Lipinski definition) is 2. The fraction of sp³-hybridized carbons (Fsp3) is 0.500. The Labute approximate surface area is 115 Å². The van der Waals surface area contributed by atoms with Crippen molar-refractivity contribution >= 4 is 12.1 Å². The van der Waals surface area contributed by atoms with E-state index in [4.69, 9.17) is 19.6 Å². The topological polar surface area (TPSA) is 125 Å². The van der Waals surface area contributed by atoms with Crippen molar-refractivity contribution < 1.29 is 24.0 Å². The van der Waals surface area contributed by atoms with Gasteiger partial charge in [-0.3, -0.25) is 0 Å². The Balaban J connectivity index is 2.68. The summed E-state index contributed by atoms with van der Waals surface area (Å²) in [4.78, 5) is 22.6. The summed E-state index contributed by atoms with van der Waals surface area (Å²) in [5, 5.41) is 23.3. The minimum absolute atomic E-state index is 0.0430. The smallest absolute Gasteiger partial charge is 0.408 e. The Bertz CT molecular complexity index is 538. The van der Waals surface area contributed by atoms with Crippen LogP contribution in [0.15, 0.2) is 10.6 Å². The first-order valence-electron chi connectivity index (χ1n) is 5.79. The third kappa shape index (κ3) is 4.97. The normalized spacial score (nSPS) is 12.3. The Hall–Kier alpha value is -2.56. The van der Waals surface area contributed by atoms with Gasteiger partial charge in [-0.25, -0.2) is 9.59 Å². The van der Waals surface area contributed by atoms with E-state index in [9.17, 15) is 9.59 Å². The van der Waals surface area contributed by atoms with Gasteiger partial charge in [0, 0.05) is 12.5 Å². The summed E-state index contributed by atoms with van der Waals surface area (Å²) >= 11 is 0. The SMILES string of the molecule is CC(C)(C)OC(=O)N[C@@H](Cc1cc(C#N)no1)C(=O)O. The molecule has 0 aliphatic rings. The lowest BCUT2D eigenvalue weighted by atomic mass is 10.1. The predicted molar refractivity (Wildman–Crippen MR) is 65.7 cm³/mol. The van der Waals surface area contributed by atoms with Crippen molar-refractivity contribution in [1.82, 2.24) is 10.5 Å². The number of nitrogens with zero attached hydrogens (tertiary/aromatic N) is 2. The summed E-state index contributed by atoms with van der Waals surface area (Å²) < 4.78 is 9.76. The molecular formula is C12H15N3O5. The second-order valence-electron chi connectivity index (χ2n) is 5.03. The van der Waals surface area contributed by atoms with Gasteiger partial charge in [0.25, 0.3) is 0 Å². The van der Waals surface area contributed by atoms with E-state index in [1.165, 1.54) is 6.07 Å². The number of carboxylic acids is 1. The van der Waals surface area contributed by atoms with Crippen molar-refractivity contribution in [3.63, 3.8) is 0 Å². The number of amides is 1. The molecule has 1 amide bonds. The minimum atomic E-state index is -1.24. The van der Waals surface area contributed by atoms with Crippen molar-refractivity contribution in [2.75, 3.05) is 0 Å². The number of aromatic nitrogens is 1. The van der Waals surface area contributed by atoms with Crippen LogP contribution >= 0.6 is 0 Å². The van der Waals surface area contributed by atoms with Crippen LogP contribution in [0.3, 0.4) is 0 Å². The maximum absolute atomic E-state index is 11.5. The minimum Gasteiger partial charge on any atom is -0.480 e. The molecule has 0 aliphatic carbocycles. The van der Waals surface area contributed by atoms with Crippen molar-refractivity contribution in [1.29, 1.82) is 5.26 Å². The molecule has 1 atom stereocenters. The predicted octanol–water partition coefficient (Wildman–Crippen LogP) is 1.07. The number of hydrogen-bond acceptors (Lipinski definition) is 6. The third-order valence-electron chi connectivity index (χ3n) is 2.07. The molecule has 1 aromatic heterocycles. The average Bonchev–Trinajstić information content (AvgIpc) is 2.73. The van der Waals surface area contributed by atoms with Crippen molar-refractivity contribution in [3.05, 3.63) is 17.5 Å². The molecular weight excluding hydrogens is 266 g/mol. The zero-order valence-electron chi connectivity index (χ0n) is 11.3. The van der Waals surface area contributed by atoms with Crippen LogP contribution in [-0.4, -0.2) is 34.0 Å². The highest BCUT2D eigenvalue weighted by atomic mass is 16.6. The lowest BCUT2D eigenvalue weighted by Crippen LogP contribution is -2.44. The van der Waals surface area contributed by atoms with E-state index in [1.807, 2.05) is 0 Å². The number of carboxylic acid groups (broad SMARTS) is 1. The summed E-state index contributed by atoms with van der Waals surface area (Å²) in [6.07, 6.45) is -0.978. The molecule has 1 aromatic rings. The van der Waals surface area contributed by atoms with E-state index in [2.05, 4.69) is 10.5 Å². The molecule has 0 bridgehead atoms. The van der Waals surface area contributed by atoms with Gasteiger partial charge in [-0.1, -0.05) is 5.16 Å². The number of carbonyl (C=O) groups is 2. The summed E-state index contributed by atoms with van der Waals surface area (Å²) in [5.41, 5.74) is -0.686. The quantitative estimate of drug-likeness (QED) is 0.845. The second kappa shape index (κ2) is 6.06. The molecule has 0 saturated heterocycles. The van der Waals surface area contributed by atoms with Crippen LogP contribution in [0.4, 0.5) is 4.79 Å². The van der Waals surface area contributed by atoms with Crippen LogP contribution in [0.2, 0.25) is 0 Å². The Morgan fingerprint density at radius 2 is 2.25 bits per heavy atom. The zero-order valence-corrected chi connectivity index (χ0v) is 11.3. The standard InChI is InChI=1S/C12H15N3O5/c1-12(2,3)19-11(18)14-9(10(16)17)5-8-4-7(6-13)15-20-8/h4,9H,5H2,1-3H3,(H,14,18)(H,16,17)/t9-/m0/s1. The van der Waals surface area contributed by atoms with Gasteiger partial charge in [-0.15, -0.1) is 0 Å². The highest BCUT2D eigenvalue weighted by Gasteiger charge is 2.25. The number of ether oxygens (including phenoxy) is 1. The molecule has 0 aliphatic heterocycles. The van der Waals surface area contributed by atoms with Gasteiger partial charge in [-0.05, 0) is 20.8 Å². The van der Waals surface area contributed by atoms with Crippen LogP contribution in [0.25, 0.3) is 0 Å². The molecule has 0 saturated carbocycles. The molecule has 8 nitrogen and oxygen atoms in total. The summed E-state index contributed by atoms with van der Waals surface area (Å²) in [5.74, 6) is -1.06. The fourth-order valence-electron chi connectivity index (χ4n) is 1.31. The fourth-order valence-corrected chi connectivity index (χ4v) is 1.31. The summed E-state index contributed by atoms with van der Waals surface area (Å²) in [7, 11) is 0. The first kappa shape index (κ1) is 15.5. The lowest BCUT2D eigenvalue weighted by molar-refractivity contribution is -0.139. The summed E-state index contributed by atoms with van der Waals surface area (Å²) in [6, 6.07) is 1.84. The van der Waals surface area contributed by atoms with Crippen LogP contribution in [0, 0.1) is 11.3 Å². The lowest BCUT2D eigenvalue weighted by Gasteiger charge is -2.21. The Morgan fingerprint density at radius 1 is 1.60 bits per heavy atom. The van der Waals surface area contributed by atoms with E-state index < -0.39 is 23.7 Å². The number of carbonyl (C=O) groups excluding carboxylic acids is 1. The molecule has 0 spiro atoms. The van der Waals surface area contributed by atoms with Crippen LogP contribution in [0.1, 0.15) is 32.2 Å². The molecule has 0 radical (unpaired) electrons.